The largest absolute Gasteiger partial charge is 0.391 e. The molecule has 1 aromatic carbocycles. The number of benzene rings is 1. The first kappa shape index (κ1) is 20.8. The molecular weight excluding hydrogens is 356 g/mol. The number of rotatable bonds is 9. The Bertz CT molecular complexity index is 678. The molecule has 1 aromatic rings. The molecule has 7 nitrogen and oxygen atoms in total. The van der Waals surface area contributed by atoms with Crippen molar-refractivity contribution in [1.82, 2.24) is 9.21 Å². The van der Waals surface area contributed by atoms with Gasteiger partial charge >= 0.3 is 0 Å². The summed E-state index contributed by atoms with van der Waals surface area (Å²) in [7, 11) is -0.464. The topological polar surface area (TPSA) is 87.2 Å². The van der Waals surface area contributed by atoms with E-state index >= 15 is 0 Å². The maximum Gasteiger partial charge on any atom is 0.222 e. The zero-order valence-electron chi connectivity index (χ0n) is 15.4. The van der Waals surface area contributed by atoms with Crippen LogP contribution >= 0.6 is 0 Å². The van der Waals surface area contributed by atoms with E-state index in [-0.39, 0.29) is 24.7 Å². The van der Waals surface area contributed by atoms with Crippen molar-refractivity contribution >= 4 is 15.9 Å². The van der Waals surface area contributed by atoms with Crippen molar-refractivity contribution in [3.8, 4) is 0 Å². The smallest absolute Gasteiger partial charge is 0.222 e. The highest BCUT2D eigenvalue weighted by Crippen LogP contribution is 2.21. The van der Waals surface area contributed by atoms with Gasteiger partial charge < -0.3 is 14.7 Å². The minimum absolute atomic E-state index is 0.0721. The number of nitrogens with zero attached hydrogens (tertiary/aromatic N) is 2. The molecule has 0 bridgehead atoms. The Morgan fingerprint density at radius 3 is 2.62 bits per heavy atom. The highest BCUT2D eigenvalue weighted by Gasteiger charge is 2.37. The number of ether oxygens (including phenoxy) is 1. The van der Waals surface area contributed by atoms with E-state index in [9.17, 15) is 18.3 Å². The normalized spacial score (nSPS) is 20.7. The summed E-state index contributed by atoms with van der Waals surface area (Å²) in [6, 6.07) is 9.82. The second kappa shape index (κ2) is 9.45. The summed E-state index contributed by atoms with van der Waals surface area (Å²) in [5.41, 5.74) is 1.09. The maximum atomic E-state index is 12.3. The number of carbonyl (C=O) groups is 1. The molecule has 1 amide bonds. The third-order valence-corrected chi connectivity index (χ3v) is 6.49. The van der Waals surface area contributed by atoms with Crippen molar-refractivity contribution in [2.75, 3.05) is 39.5 Å². The predicted molar refractivity (Wildman–Crippen MR) is 98.9 cm³/mol. The van der Waals surface area contributed by atoms with Crippen molar-refractivity contribution in [2.45, 2.75) is 25.6 Å². The molecule has 1 saturated heterocycles. The molecule has 0 unspecified atom stereocenters. The zero-order valence-corrected chi connectivity index (χ0v) is 16.2. The maximum absolute atomic E-state index is 12.3. The van der Waals surface area contributed by atoms with Gasteiger partial charge in [-0.2, -0.15) is 0 Å². The minimum Gasteiger partial charge on any atom is -0.391 e. The molecule has 0 radical (unpaired) electrons. The van der Waals surface area contributed by atoms with E-state index in [0.717, 1.165) is 9.87 Å². The molecule has 0 spiro atoms. The molecule has 1 fully saturated rings. The van der Waals surface area contributed by atoms with Crippen LogP contribution in [0.3, 0.4) is 0 Å². The molecule has 2 atom stereocenters. The Balaban J connectivity index is 1.70. The molecule has 1 aliphatic rings. The average Bonchev–Trinajstić information content (AvgIpc) is 2.95. The van der Waals surface area contributed by atoms with Gasteiger partial charge in [0.25, 0.3) is 0 Å². The molecule has 2 rings (SSSR count). The summed E-state index contributed by atoms with van der Waals surface area (Å²) in [6.07, 6.45) is 0.121. The van der Waals surface area contributed by atoms with Crippen LogP contribution in [0.25, 0.3) is 0 Å². The van der Waals surface area contributed by atoms with Crippen molar-refractivity contribution < 1.29 is 23.1 Å². The highest BCUT2D eigenvalue weighted by atomic mass is 32.2. The van der Waals surface area contributed by atoms with Gasteiger partial charge in [-0.05, 0) is 12.0 Å². The quantitative estimate of drug-likeness (QED) is 0.633. The summed E-state index contributed by atoms with van der Waals surface area (Å²) >= 11 is 0. The minimum atomic E-state index is -3.40. The van der Waals surface area contributed by atoms with Crippen LogP contribution in [0.2, 0.25) is 0 Å². The summed E-state index contributed by atoms with van der Waals surface area (Å²) in [5.74, 6) is -0.664. The number of likely N-dealkylation sites (tertiary alicyclic amines) is 1. The first-order chi connectivity index (χ1) is 12.3. The van der Waals surface area contributed by atoms with E-state index in [1.807, 2.05) is 30.3 Å². The number of aliphatic hydroxyl groups is 1. The fraction of sp³-hybridized carbons (Fsp3) is 0.611. The van der Waals surface area contributed by atoms with Gasteiger partial charge in [0.05, 0.1) is 18.5 Å². The second-order valence-corrected chi connectivity index (χ2v) is 9.06. The van der Waals surface area contributed by atoms with Gasteiger partial charge in [0.2, 0.25) is 15.9 Å². The fourth-order valence-electron chi connectivity index (χ4n) is 2.89. The molecule has 0 aromatic heterocycles. The van der Waals surface area contributed by atoms with Gasteiger partial charge in [0.1, 0.15) is 0 Å². The standard InChI is InChI=1S/C18H28N2O5S/c1-19(2)26(23,24)14-16-11-20(12-17(16)21)18(22)9-6-10-25-13-15-7-4-3-5-8-15/h3-5,7-8,16-17,21H,6,9-14H2,1-2H3/t16-,17-/m0/s1. The first-order valence-electron chi connectivity index (χ1n) is 8.77. The van der Waals surface area contributed by atoms with Crippen LogP contribution in [-0.2, 0) is 26.2 Å². The lowest BCUT2D eigenvalue weighted by Crippen LogP contribution is -2.33. The Labute approximate surface area is 155 Å². The fourth-order valence-corrected chi connectivity index (χ4v) is 4.06. The second-order valence-electron chi connectivity index (χ2n) is 6.83. The van der Waals surface area contributed by atoms with Crippen LogP contribution < -0.4 is 0 Å². The van der Waals surface area contributed by atoms with Crippen LogP contribution in [0.1, 0.15) is 18.4 Å². The third kappa shape index (κ3) is 6.05. The van der Waals surface area contributed by atoms with E-state index in [1.165, 1.54) is 14.1 Å². The van der Waals surface area contributed by atoms with Crippen LogP contribution in [-0.4, -0.2) is 74.3 Å². The summed E-state index contributed by atoms with van der Waals surface area (Å²) in [6.45, 7) is 1.46. The highest BCUT2D eigenvalue weighted by molar-refractivity contribution is 7.89. The Kier molecular flexibility index (Phi) is 7.57. The summed E-state index contributed by atoms with van der Waals surface area (Å²) in [5, 5.41) is 10.1. The van der Waals surface area contributed by atoms with Gasteiger partial charge in [0, 0.05) is 46.1 Å². The van der Waals surface area contributed by atoms with Gasteiger partial charge in [-0.15, -0.1) is 0 Å². The van der Waals surface area contributed by atoms with E-state index < -0.39 is 22.0 Å². The van der Waals surface area contributed by atoms with E-state index in [0.29, 0.717) is 26.1 Å². The van der Waals surface area contributed by atoms with Gasteiger partial charge in [-0.25, -0.2) is 12.7 Å². The summed E-state index contributed by atoms with van der Waals surface area (Å²) < 4.78 is 30.6. The number of hydrogen-bond donors (Lipinski definition) is 1. The van der Waals surface area contributed by atoms with E-state index in [4.69, 9.17) is 4.74 Å². The molecule has 0 saturated carbocycles. The Morgan fingerprint density at radius 2 is 1.96 bits per heavy atom. The predicted octanol–water partition coefficient (Wildman–Crippen LogP) is 0.694. The SMILES string of the molecule is CN(C)S(=O)(=O)C[C@@H]1CN(C(=O)CCCOCc2ccccc2)C[C@@H]1O. The molecule has 146 valence electrons. The molecule has 1 N–H and O–H groups in total. The molecule has 8 heteroatoms. The molecule has 1 aliphatic heterocycles. The van der Waals surface area contributed by atoms with E-state index in [2.05, 4.69) is 0 Å². The average molecular weight is 384 g/mol. The molecule has 0 aliphatic carbocycles. The summed E-state index contributed by atoms with van der Waals surface area (Å²) in [4.78, 5) is 13.8. The van der Waals surface area contributed by atoms with Crippen LogP contribution in [0.4, 0.5) is 0 Å². The number of sulfonamides is 1. The number of carbonyl (C=O) groups excluding carboxylic acids is 1. The van der Waals surface area contributed by atoms with Gasteiger partial charge in [0.15, 0.2) is 0 Å². The van der Waals surface area contributed by atoms with Crippen LogP contribution in [0.15, 0.2) is 30.3 Å². The van der Waals surface area contributed by atoms with Crippen LogP contribution in [0.5, 0.6) is 0 Å². The Hall–Kier alpha value is -1.48. The van der Waals surface area contributed by atoms with E-state index in [1.54, 1.807) is 4.90 Å². The van der Waals surface area contributed by atoms with Crippen molar-refractivity contribution in [3.05, 3.63) is 35.9 Å². The number of hydrogen-bond acceptors (Lipinski definition) is 5. The molecule has 1 heterocycles. The monoisotopic (exact) mass is 384 g/mol. The Morgan fingerprint density at radius 1 is 1.27 bits per heavy atom. The molecular formula is C18H28N2O5S. The lowest BCUT2D eigenvalue weighted by atomic mass is 10.1. The zero-order chi connectivity index (χ0) is 19.2. The van der Waals surface area contributed by atoms with Crippen LogP contribution in [0, 0.1) is 5.92 Å². The molecule has 26 heavy (non-hydrogen) atoms. The number of aliphatic hydroxyl groups excluding tert-OH is 1. The van der Waals surface area contributed by atoms with Crippen molar-refractivity contribution in [2.24, 2.45) is 5.92 Å². The lowest BCUT2D eigenvalue weighted by molar-refractivity contribution is -0.130. The van der Waals surface area contributed by atoms with Crippen molar-refractivity contribution in [1.29, 1.82) is 0 Å². The number of amides is 1. The van der Waals surface area contributed by atoms with Crippen molar-refractivity contribution in [3.63, 3.8) is 0 Å². The van der Waals surface area contributed by atoms with Gasteiger partial charge in [-0.3, -0.25) is 4.79 Å². The van der Waals surface area contributed by atoms with Gasteiger partial charge in [-0.1, -0.05) is 30.3 Å². The lowest BCUT2D eigenvalue weighted by Gasteiger charge is -2.18. The number of β-amino-alcohol motifs (C(OH)–C–C–N with tert-alkyl or cyclic N) is 1. The third-order valence-electron chi connectivity index (χ3n) is 4.53. The first-order valence-corrected chi connectivity index (χ1v) is 10.4.